The van der Waals surface area contributed by atoms with E-state index >= 15 is 0 Å². The molecule has 0 aliphatic carbocycles. The number of fused-ring (bicyclic) bond motifs is 2. The fraction of sp³-hybridized carbons (Fsp3) is 0.722. The first kappa shape index (κ1) is 17.9. The minimum atomic E-state index is -0.536. The summed E-state index contributed by atoms with van der Waals surface area (Å²) in [5, 5.41) is 5.66. The smallest absolute Gasteiger partial charge is 0.246 e. The molecule has 3 rings (SSSR count). The van der Waals surface area contributed by atoms with Crippen molar-refractivity contribution in [3.63, 3.8) is 0 Å². The van der Waals surface area contributed by atoms with Gasteiger partial charge in [-0.15, -0.1) is 6.58 Å². The molecule has 0 aromatic rings. The van der Waals surface area contributed by atoms with Gasteiger partial charge in [-0.1, -0.05) is 19.9 Å². The largest absolute Gasteiger partial charge is 0.358 e. The second-order valence-corrected chi connectivity index (χ2v) is 7.61. The summed E-state index contributed by atoms with van der Waals surface area (Å²) in [6.07, 6.45) is 3.92. The van der Waals surface area contributed by atoms with Crippen LogP contribution in [0.5, 0.6) is 0 Å². The molecule has 3 fully saturated rings. The van der Waals surface area contributed by atoms with Crippen LogP contribution in [0.2, 0.25) is 0 Å². The van der Waals surface area contributed by atoms with Gasteiger partial charge in [0.25, 0.3) is 0 Å². The molecule has 3 saturated heterocycles. The lowest BCUT2D eigenvalue weighted by Crippen LogP contribution is -2.56. The van der Waals surface area contributed by atoms with Crippen molar-refractivity contribution in [2.24, 2.45) is 5.92 Å². The predicted molar refractivity (Wildman–Crippen MR) is 93.6 cm³/mol. The van der Waals surface area contributed by atoms with Crippen LogP contribution in [0.4, 0.5) is 0 Å². The SMILES string of the molecule is C=CC1C2C(C(=O)NC)N3CCCC3C(=O)NC(CC(C)C)C(=O)N12. The Morgan fingerprint density at radius 3 is 2.76 bits per heavy atom. The molecule has 138 valence electrons. The third kappa shape index (κ3) is 3.05. The van der Waals surface area contributed by atoms with Gasteiger partial charge in [0, 0.05) is 7.05 Å². The normalized spacial score (nSPS) is 35.2. The average molecular weight is 348 g/mol. The Kier molecular flexibility index (Phi) is 4.86. The third-order valence-corrected chi connectivity index (χ3v) is 5.51. The van der Waals surface area contributed by atoms with Crippen molar-refractivity contribution in [2.75, 3.05) is 13.6 Å². The predicted octanol–water partition coefficient (Wildman–Crippen LogP) is -0.125. The van der Waals surface area contributed by atoms with E-state index in [-0.39, 0.29) is 41.8 Å². The highest BCUT2D eigenvalue weighted by Gasteiger charge is 2.60. The number of rotatable bonds is 4. The molecule has 0 bridgehead atoms. The first-order chi connectivity index (χ1) is 11.9. The fourth-order valence-electron chi connectivity index (χ4n) is 4.35. The maximum atomic E-state index is 13.0. The van der Waals surface area contributed by atoms with Crippen LogP contribution in [0.3, 0.4) is 0 Å². The topological polar surface area (TPSA) is 81.5 Å². The molecule has 0 saturated carbocycles. The monoisotopic (exact) mass is 348 g/mol. The number of carbonyl (C=O) groups excluding carboxylic acids is 3. The number of carbonyl (C=O) groups is 3. The van der Waals surface area contributed by atoms with Gasteiger partial charge in [-0.2, -0.15) is 0 Å². The third-order valence-electron chi connectivity index (χ3n) is 5.51. The molecule has 0 spiro atoms. The Hall–Kier alpha value is -1.89. The standard InChI is InChI=1S/C18H28N4O3/c1-5-12-14-15(17(24)19-4)21-8-6-7-13(21)16(23)20-11(9-10(2)3)18(25)22(12)14/h5,10-15H,1,6-9H2,2-4H3,(H,19,24)(H,20,23). The van der Waals surface area contributed by atoms with Crippen molar-refractivity contribution in [3.05, 3.63) is 12.7 Å². The van der Waals surface area contributed by atoms with Crippen molar-refractivity contribution in [2.45, 2.75) is 63.3 Å². The van der Waals surface area contributed by atoms with Crippen LogP contribution in [-0.2, 0) is 14.4 Å². The van der Waals surface area contributed by atoms with Crippen LogP contribution in [0.15, 0.2) is 12.7 Å². The summed E-state index contributed by atoms with van der Waals surface area (Å²) < 4.78 is 0. The molecule has 0 radical (unpaired) electrons. The van der Waals surface area contributed by atoms with E-state index in [4.69, 9.17) is 0 Å². The van der Waals surface area contributed by atoms with Gasteiger partial charge >= 0.3 is 0 Å². The lowest BCUT2D eigenvalue weighted by molar-refractivity contribution is -0.134. The number of amides is 3. The van der Waals surface area contributed by atoms with Gasteiger partial charge in [-0.3, -0.25) is 19.3 Å². The zero-order chi connectivity index (χ0) is 18.3. The summed E-state index contributed by atoms with van der Waals surface area (Å²) in [7, 11) is 1.60. The summed E-state index contributed by atoms with van der Waals surface area (Å²) >= 11 is 0. The molecule has 2 N–H and O–H groups in total. The molecule has 3 aliphatic heterocycles. The number of hydrogen-bond donors (Lipinski definition) is 2. The van der Waals surface area contributed by atoms with Gasteiger partial charge in [0.05, 0.1) is 18.1 Å². The van der Waals surface area contributed by atoms with Crippen LogP contribution in [0.1, 0.15) is 33.1 Å². The molecule has 7 heteroatoms. The Morgan fingerprint density at radius 1 is 1.44 bits per heavy atom. The van der Waals surface area contributed by atoms with Crippen molar-refractivity contribution in [1.29, 1.82) is 0 Å². The van der Waals surface area contributed by atoms with Gasteiger partial charge in [-0.05, 0) is 31.7 Å². The quantitative estimate of drug-likeness (QED) is 0.548. The van der Waals surface area contributed by atoms with Crippen LogP contribution in [0, 0.1) is 5.92 Å². The van der Waals surface area contributed by atoms with Gasteiger partial charge < -0.3 is 15.5 Å². The summed E-state index contributed by atoms with van der Waals surface area (Å²) in [6, 6.07) is -1.79. The zero-order valence-corrected chi connectivity index (χ0v) is 15.2. The van der Waals surface area contributed by atoms with Crippen molar-refractivity contribution >= 4 is 17.7 Å². The van der Waals surface area contributed by atoms with E-state index < -0.39 is 12.1 Å². The Labute approximate surface area is 148 Å². The van der Waals surface area contributed by atoms with E-state index in [0.29, 0.717) is 19.4 Å². The molecule has 25 heavy (non-hydrogen) atoms. The summed E-state index contributed by atoms with van der Waals surface area (Å²) in [4.78, 5) is 42.1. The minimum Gasteiger partial charge on any atom is -0.358 e. The molecule has 5 unspecified atom stereocenters. The van der Waals surface area contributed by atoms with E-state index in [2.05, 4.69) is 17.2 Å². The van der Waals surface area contributed by atoms with E-state index in [1.54, 1.807) is 18.0 Å². The summed E-state index contributed by atoms with van der Waals surface area (Å²) in [6.45, 7) is 8.60. The molecular formula is C18H28N4O3. The molecular weight excluding hydrogens is 320 g/mol. The van der Waals surface area contributed by atoms with Crippen molar-refractivity contribution in [1.82, 2.24) is 20.4 Å². The summed E-state index contributed by atoms with van der Waals surface area (Å²) in [5.74, 6) is -0.103. The second-order valence-electron chi connectivity index (χ2n) is 7.61. The number of nitrogens with zero attached hydrogens (tertiary/aromatic N) is 2. The molecule has 3 heterocycles. The van der Waals surface area contributed by atoms with Gasteiger partial charge in [0.1, 0.15) is 12.1 Å². The number of likely N-dealkylation sites (N-methyl/N-ethyl adjacent to an activating group) is 1. The van der Waals surface area contributed by atoms with Crippen LogP contribution in [0.25, 0.3) is 0 Å². The van der Waals surface area contributed by atoms with Gasteiger partial charge in [0.15, 0.2) is 0 Å². The van der Waals surface area contributed by atoms with E-state index in [1.165, 1.54) is 0 Å². The number of hydrogen-bond acceptors (Lipinski definition) is 4. The first-order valence-electron chi connectivity index (χ1n) is 9.13. The second kappa shape index (κ2) is 6.78. The average Bonchev–Trinajstić information content (AvgIpc) is 3.06. The molecule has 7 nitrogen and oxygen atoms in total. The molecule has 5 atom stereocenters. The van der Waals surface area contributed by atoms with Crippen LogP contribution in [-0.4, -0.2) is 71.3 Å². The van der Waals surface area contributed by atoms with Gasteiger partial charge in [-0.25, -0.2) is 0 Å². The molecule has 3 amide bonds. The highest BCUT2D eigenvalue weighted by molar-refractivity contribution is 5.95. The van der Waals surface area contributed by atoms with E-state index in [0.717, 1.165) is 6.42 Å². The zero-order valence-electron chi connectivity index (χ0n) is 15.2. The Balaban J connectivity index is 1.99. The first-order valence-corrected chi connectivity index (χ1v) is 9.13. The van der Waals surface area contributed by atoms with Gasteiger partial charge in [0.2, 0.25) is 17.7 Å². The van der Waals surface area contributed by atoms with E-state index in [9.17, 15) is 14.4 Å². The lowest BCUT2D eigenvalue weighted by atomic mass is 10.0. The molecule has 0 aromatic carbocycles. The van der Waals surface area contributed by atoms with Crippen molar-refractivity contribution < 1.29 is 14.4 Å². The maximum absolute atomic E-state index is 13.0. The fourth-order valence-corrected chi connectivity index (χ4v) is 4.35. The molecule has 0 aromatic heterocycles. The Morgan fingerprint density at radius 2 is 2.16 bits per heavy atom. The lowest BCUT2D eigenvalue weighted by Gasteiger charge is -2.30. The summed E-state index contributed by atoms with van der Waals surface area (Å²) in [5.41, 5.74) is 0. The van der Waals surface area contributed by atoms with E-state index in [1.807, 2.05) is 18.7 Å². The molecule has 3 aliphatic rings. The van der Waals surface area contributed by atoms with Crippen LogP contribution < -0.4 is 10.6 Å². The minimum absolute atomic E-state index is 0.105. The Bertz CT molecular complexity index is 591. The highest BCUT2D eigenvalue weighted by atomic mass is 16.2. The van der Waals surface area contributed by atoms with Crippen molar-refractivity contribution in [3.8, 4) is 0 Å². The highest BCUT2D eigenvalue weighted by Crippen LogP contribution is 2.39. The number of nitrogens with one attached hydrogen (secondary N) is 2. The maximum Gasteiger partial charge on any atom is 0.246 e. The van der Waals surface area contributed by atoms with Crippen LogP contribution >= 0.6 is 0 Å².